The van der Waals surface area contributed by atoms with Gasteiger partial charge in [0.25, 0.3) is 11.8 Å². The van der Waals surface area contributed by atoms with Crippen LogP contribution in [-0.2, 0) is 14.3 Å². The molecule has 28 heavy (non-hydrogen) atoms. The first-order valence-electron chi connectivity index (χ1n) is 9.35. The van der Waals surface area contributed by atoms with E-state index in [-0.39, 0.29) is 36.0 Å². The molecular weight excluding hydrogens is 364 g/mol. The van der Waals surface area contributed by atoms with Gasteiger partial charge in [0.05, 0.1) is 23.8 Å². The summed E-state index contributed by atoms with van der Waals surface area (Å²) in [5.41, 5.74) is 1.35. The smallest absolute Gasteiger partial charge is 0.262 e. The van der Waals surface area contributed by atoms with E-state index in [1.165, 1.54) is 0 Å². The summed E-state index contributed by atoms with van der Waals surface area (Å²) in [6.45, 7) is 2.91. The molecule has 0 radical (unpaired) electrons. The summed E-state index contributed by atoms with van der Waals surface area (Å²) in [6.07, 6.45) is 0.298. The van der Waals surface area contributed by atoms with Crippen LogP contribution < -0.4 is 15.5 Å². The highest BCUT2D eigenvalue weighted by Crippen LogP contribution is 2.30. The average Bonchev–Trinajstić information content (AvgIpc) is 2.93. The van der Waals surface area contributed by atoms with Gasteiger partial charge in [0.2, 0.25) is 11.8 Å². The summed E-state index contributed by atoms with van der Waals surface area (Å²) >= 11 is 0. The Bertz CT molecular complexity index is 849. The molecule has 0 spiro atoms. The second-order valence-corrected chi connectivity index (χ2v) is 7.25. The fourth-order valence-electron chi connectivity index (χ4n) is 3.84. The monoisotopic (exact) mass is 386 g/mol. The van der Waals surface area contributed by atoms with Gasteiger partial charge < -0.3 is 15.0 Å². The Kier molecular flexibility index (Phi) is 4.86. The quantitative estimate of drug-likeness (QED) is 0.673. The molecule has 2 saturated heterocycles. The Morgan fingerprint density at radius 2 is 1.96 bits per heavy atom. The molecule has 2 fully saturated rings. The van der Waals surface area contributed by atoms with Gasteiger partial charge >= 0.3 is 0 Å². The molecule has 3 heterocycles. The molecule has 1 aromatic rings. The van der Waals surface area contributed by atoms with Crippen LogP contribution in [0.1, 0.15) is 33.6 Å². The Labute approximate surface area is 162 Å². The Balaban J connectivity index is 1.53. The molecule has 0 aliphatic carbocycles. The molecule has 4 amide bonds. The van der Waals surface area contributed by atoms with Crippen molar-refractivity contribution in [3.8, 4) is 0 Å². The first kappa shape index (κ1) is 18.6. The molecule has 2 unspecified atom stereocenters. The average molecular weight is 386 g/mol. The molecule has 1 aromatic carbocycles. The fraction of sp³-hybridized carbons (Fsp3) is 0.474. The van der Waals surface area contributed by atoms with Crippen molar-refractivity contribution in [2.45, 2.75) is 25.0 Å². The highest BCUT2D eigenvalue weighted by molar-refractivity contribution is 6.23. The lowest BCUT2D eigenvalue weighted by molar-refractivity contribution is -0.136. The van der Waals surface area contributed by atoms with Gasteiger partial charge in [-0.3, -0.25) is 29.4 Å². The number of fused-ring (bicyclic) bond motifs is 1. The van der Waals surface area contributed by atoms with E-state index >= 15 is 0 Å². The summed E-state index contributed by atoms with van der Waals surface area (Å²) in [4.78, 5) is 52.1. The largest absolute Gasteiger partial charge is 0.374 e. The molecule has 0 saturated carbocycles. The third kappa shape index (κ3) is 3.27. The second kappa shape index (κ2) is 7.33. The molecule has 9 heteroatoms. The van der Waals surface area contributed by atoms with E-state index in [0.717, 1.165) is 23.7 Å². The molecule has 2 atom stereocenters. The zero-order chi connectivity index (χ0) is 19.8. The van der Waals surface area contributed by atoms with Gasteiger partial charge in [0, 0.05) is 38.8 Å². The van der Waals surface area contributed by atoms with Crippen LogP contribution in [-0.4, -0.2) is 74.0 Å². The minimum absolute atomic E-state index is 0.0457. The standard InChI is InChI=1S/C19H22N4O5/c1-22(10-12-9-20-6-7-28-12)11-2-3-13-14(8-11)19(27)23(18(13)26)15-4-5-16(24)21-17(15)25/h2-3,8,12,15,20H,4-7,9-10H2,1H3,(H,21,24,25). The summed E-state index contributed by atoms with van der Waals surface area (Å²) < 4.78 is 5.71. The van der Waals surface area contributed by atoms with Crippen LogP contribution in [0.4, 0.5) is 5.69 Å². The number of anilines is 1. The number of carbonyl (C=O) groups is 4. The van der Waals surface area contributed by atoms with Crippen LogP contribution in [0, 0.1) is 0 Å². The van der Waals surface area contributed by atoms with Crippen molar-refractivity contribution in [3.05, 3.63) is 29.3 Å². The van der Waals surface area contributed by atoms with E-state index in [4.69, 9.17) is 4.74 Å². The Hall–Kier alpha value is -2.78. The number of ether oxygens (including phenoxy) is 1. The maximum Gasteiger partial charge on any atom is 0.262 e. The number of hydrogen-bond donors (Lipinski definition) is 2. The van der Waals surface area contributed by atoms with Gasteiger partial charge in [-0.2, -0.15) is 0 Å². The van der Waals surface area contributed by atoms with Crippen molar-refractivity contribution in [2.75, 3.05) is 38.2 Å². The number of imide groups is 2. The van der Waals surface area contributed by atoms with Crippen LogP contribution in [0.15, 0.2) is 18.2 Å². The van der Waals surface area contributed by atoms with Gasteiger partial charge in [0.15, 0.2) is 0 Å². The third-order valence-electron chi connectivity index (χ3n) is 5.35. The van der Waals surface area contributed by atoms with E-state index in [1.54, 1.807) is 18.2 Å². The van der Waals surface area contributed by atoms with Gasteiger partial charge in [-0.25, -0.2) is 0 Å². The van der Waals surface area contributed by atoms with Crippen LogP contribution >= 0.6 is 0 Å². The summed E-state index contributed by atoms with van der Waals surface area (Å²) in [5, 5.41) is 5.47. The lowest BCUT2D eigenvalue weighted by Crippen LogP contribution is -2.54. The molecule has 9 nitrogen and oxygen atoms in total. The Morgan fingerprint density at radius 3 is 2.68 bits per heavy atom. The molecule has 0 bridgehead atoms. The normalized spacial score (nSPS) is 25.0. The number of nitrogens with one attached hydrogen (secondary N) is 2. The van der Waals surface area contributed by atoms with E-state index in [0.29, 0.717) is 13.2 Å². The van der Waals surface area contributed by atoms with Crippen molar-refractivity contribution in [1.29, 1.82) is 0 Å². The Morgan fingerprint density at radius 1 is 1.18 bits per heavy atom. The van der Waals surface area contributed by atoms with Gasteiger partial charge in [-0.1, -0.05) is 0 Å². The SMILES string of the molecule is CN(CC1CNCCO1)c1ccc2c(c1)C(=O)N(C1CCC(=O)NC1=O)C2=O. The minimum Gasteiger partial charge on any atom is -0.374 e. The number of amides is 4. The molecule has 148 valence electrons. The minimum atomic E-state index is -0.951. The van der Waals surface area contributed by atoms with Gasteiger partial charge in [-0.15, -0.1) is 0 Å². The number of benzene rings is 1. The number of rotatable bonds is 4. The molecular formula is C19H22N4O5. The number of morpholine rings is 1. The zero-order valence-corrected chi connectivity index (χ0v) is 15.6. The topological polar surface area (TPSA) is 108 Å². The molecule has 4 rings (SSSR count). The number of hydrogen-bond acceptors (Lipinski definition) is 7. The van der Waals surface area contributed by atoms with Crippen molar-refractivity contribution in [1.82, 2.24) is 15.5 Å². The summed E-state index contributed by atoms with van der Waals surface area (Å²) in [6, 6.07) is 4.13. The number of carbonyl (C=O) groups excluding carboxylic acids is 4. The first-order chi connectivity index (χ1) is 13.5. The van der Waals surface area contributed by atoms with E-state index in [9.17, 15) is 19.2 Å². The van der Waals surface area contributed by atoms with Crippen LogP contribution in [0.2, 0.25) is 0 Å². The first-order valence-corrected chi connectivity index (χ1v) is 9.35. The maximum absolute atomic E-state index is 12.9. The van der Waals surface area contributed by atoms with Crippen molar-refractivity contribution in [3.63, 3.8) is 0 Å². The van der Waals surface area contributed by atoms with Crippen LogP contribution in [0.3, 0.4) is 0 Å². The van der Waals surface area contributed by atoms with Crippen molar-refractivity contribution >= 4 is 29.3 Å². The summed E-state index contributed by atoms with van der Waals surface area (Å²) in [7, 11) is 1.90. The highest BCUT2D eigenvalue weighted by atomic mass is 16.5. The number of piperidine rings is 1. The zero-order valence-electron chi connectivity index (χ0n) is 15.6. The predicted octanol–water partition coefficient (Wildman–Crippen LogP) is -0.488. The maximum atomic E-state index is 12.9. The number of nitrogens with zero attached hydrogens (tertiary/aromatic N) is 2. The van der Waals surface area contributed by atoms with E-state index in [1.807, 2.05) is 11.9 Å². The third-order valence-corrected chi connectivity index (χ3v) is 5.35. The van der Waals surface area contributed by atoms with Crippen molar-refractivity contribution < 1.29 is 23.9 Å². The van der Waals surface area contributed by atoms with Crippen LogP contribution in [0.25, 0.3) is 0 Å². The lowest BCUT2D eigenvalue weighted by atomic mass is 10.0. The van der Waals surface area contributed by atoms with E-state index < -0.39 is 23.8 Å². The number of likely N-dealkylation sites (N-methyl/N-ethyl adjacent to an activating group) is 1. The van der Waals surface area contributed by atoms with Crippen molar-refractivity contribution in [2.24, 2.45) is 0 Å². The van der Waals surface area contributed by atoms with Gasteiger partial charge in [-0.05, 0) is 24.6 Å². The molecule has 3 aliphatic heterocycles. The van der Waals surface area contributed by atoms with Gasteiger partial charge in [0.1, 0.15) is 6.04 Å². The molecule has 3 aliphatic rings. The second-order valence-electron chi connectivity index (χ2n) is 7.25. The lowest BCUT2D eigenvalue weighted by Gasteiger charge is -2.29. The fourth-order valence-corrected chi connectivity index (χ4v) is 3.84. The van der Waals surface area contributed by atoms with E-state index in [2.05, 4.69) is 10.6 Å². The highest BCUT2D eigenvalue weighted by Gasteiger charge is 2.44. The summed E-state index contributed by atoms with van der Waals surface area (Å²) in [5.74, 6) is -1.99. The van der Waals surface area contributed by atoms with Crippen LogP contribution in [0.5, 0.6) is 0 Å². The molecule has 2 N–H and O–H groups in total. The molecule has 0 aromatic heterocycles. The predicted molar refractivity (Wildman–Crippen MR) is 99.0 cm³/mol.